The molecule has 1 amide bonds. The van der Waals surface area contributed by atoms with Gasteiger partial charge in [0.25, 0.3) is 5.78 Å². The molecule has 1 aliphatic carbocycles. The first-order valence-corrected chi connectivity index (χ1v) is 12.1. The van der Waals surface area contributed by atoms with Gasteiger partial charge in [0.15, 0.2) is 0 Å². The van der Waals surface area contributed by atoms with Crippen LogP contribution < -0.4 is 5.32 Å². The lowest BCUT2D eigenvalue weighted by atomic mass is 9.97. The van der Waals surface area contributed by atoms with Crippen LogP contribution in [-0.2, 0) is 24.1 Å². The first kappa shape index (κ1) is 24.5. The Hall–Kier alpha value is -3.21. The van der Waals surface area contributed by atoms with Gasteiger partial charge in [0, 0.05) is 11.5 Å². The third-order valence-corrected chi connectivity index (χ3v) is 7.39. The molecular weight excluding hydrogens is 473 g/mol. The summed E-state index contributed by atoms with van der Waals surface area (Å²) in [5.41, 5.74) is 0.889. The maximum atomic E-state index is 13.5. The molecule has 2 aromatic heterocycles. The van der Waals surface area contributed by atoms with E-state index in [1.165, 1.54) is 13.0 Å². The molecule has 0 unspecified atom stereocenters. The van der Waals surface area contributed by atoms with Gasteiger partial charge in [-0.1, -0.05) is 26.0 Å². The normalized spacial score (nSPS) is 17.5. The molecule has 3 aromatic rings. The van der Waals surface area contributed by atoms with Gasteiger partial charge < -0.3 is 15.3 Å². The van der Waals surface area contributed by atoms with Gasteiger partial charge in [-0.25, -0.2) is 0 Å². The van der Waals surface area contributed by atoms with Crippen LogP contribution in [0.15, 0.2) is 18.2 Å². The topological polar surface area (TPSA) is 95.7 Å². The Bertz CT molecular complexity index is 1350. The highest BCUT2D eigenvalue weighted by molar-refractivity contribution is 5.86. The number of aromatic nitrogens is 4. The van der Waals surface area contributed by atoms with E-state index in [1.54, 1.807) is 17.9 Å². The van der Waals surface area contributed by atoms with Gasteiger partial charge in [0.2, 0.25) is 5.91 Å². The molecule has 5 rings (SSSR count). The van der Waals surface area contributed by atoms with Crippen LogP contribution in [-0.4, -0.2) is 42.1 Å². The average molecular weight is 503 g/mol. The molecule has 0 radical (unpaired) electrons. The second-order valence-electron chi connectivity index (χ2n) is 10.2. The first-order valence-electron chi connectivity index (χ1n) is 12.1. The summed E-state index contributed by atoms with van der Waals surface area (Å²) in [6.07, 6.45) is -3.13. The zero-order valence-corrected chi connectivity index (χ0v) is 20.6. The lowest BCUT2D eigenvalue weighted by Gasteiger charge is -2.22. The van der Waals surface area contributed by atoms with Gasteiger partial charge in [-0.15, -0.1) is 10.2 Å². The third kappa shape index (κ3) is 3.89. The molecule has 2 N–H and O–H groups in total. The van der Waals surface area contributed by atoms with E-state index in [-0.39, 0.29) is 30.5 Å². The van der Waals surface area contributed by atoms with Gasteiger partial charge in [0.05, 0.1) is 42.4 Å². The van der Waals surface area contributed by atoms with Gasteiger partial charge in [0.1, 0.15) is 11.6 Å². The van der Waals surface area contributed by atoms with Crippen molar-refractivity contribution >= 4 is 17.5 Å². The van der Waals surface area contributed by atoms with Crippen molar-refractivity contribution < 1.29 is 23.1 Å². The van der Waals surface area contributed by atoms with Crippen molar-refractivity contribution in [1.29, 1.82) is 0 Å². The molecule has 0 bridgehead atoms. The van der Waals surface area contributed by atoms with Crippen LogP contribution in [0.25, 0.3) is 5.78 Å². The minimum Gasteiger partial charge on any atom is -0.395 e. The fourth-order valence-electron chi connectivity index (χ4n) is 5.09. The van der Waals surface area contributed by atoms with Crippen molar-refractivity contribution in [3.8, 4) is 0 Å². The molecule has 0 spiro atoms. The standard InChI is InChI=1S/C25H29F3N6O2/c1-13(2)21-31-32-23-30-20(29-15(4)16-6-5-7-18(14(16)3)25(26,27)28)17-10-33(11-19(17)34(21)23)22(36)24(12-35)8-9-24/h5-7,13,15,35H,8-12H2,1-4H3,(H,29,30,32)/t15-/m1/s1. The number of nitrogens with one attached hydrogen (secondary N) is 1. The number of hydrogen-bond acceptors (Lipinski definition) is 6. The SMILES string of the molecule is Cc1c([C@@H](C)Nc2nc3nnc(C(C)C)n3c3c2CN(C(=O)C2(CO)CC2)C3)cccc1C(F)(F)F. The molecule has 0 saturated heterocycles. The summed E-state index contributed by atoms with van der Waals surface area (Å²) in [5.74, 6) is 1.52. The highest BCUT2D eigenvalue weighted by atomic mass is 19.4. The molecule has 3 heterocycles. The second-order valence-corrected chi connectivity index (χ2v) is 10.2. The number of halogens is 3. The zero-order chi connectivity index (χ0) is 26.0. The highest BCUT2D eigenvalue weighted by Crippen LogP contribution is 2.48. The Balaban J connectivity index is 1.55. The molecule has 1 atom stereocenters. The minimum absolute atomic E-state index is 0.0633. The number of fused-ring (bicyclic) bond motifs is 3. The predicted molar refractivity (Wildman–Crippen MR) is 126 cm³/mol. The molecule has 11 heteroatoms. The molecule has 8 nitrogen and oxygen atoms in total. The minimum atomic E-state index is -4.45. The van der Waals surface area contributed by atoms with Crippen LogP contribution in [0.3, 0.4) is 0 Å². The fraction of sp³-hybridized carbons (Fsp3) is 0.520. The second kappa shape index (κ2) is 8.43. The Labute approximate surface area is 206 Å². The Kier molecular flexibility index (Phi) is 5.73. The van der Waals surface area contributed by atoms with E-state index < -0.39 is 23.2 Å². The number of alkyl halides is 3. The summed E-state index contributed by atoms with van der Waals surface area (Å²) in [5, 5.41) is 21.6. The van der Waals surface area contributed by atoms with Crippen LogP contribution in [0.5, 0.6) is 0 Å². The van der Waals surface area contributed by atoms with Crippen molar-refractivity contribution in [2.45, 2.75) is 71.8 Å². The van der Waals surface area contributed by atoms with Crippen LogP contribution in [0.2, 0.25) is 0 Å². The molecule has 192 valence electrons. The molecule has 2 aliphatic rings. The van der Waals surface area contributed by atoms with E-state index in [0.29, 0.717) is 36.5 Å². The van der Waals surface area contributed by atoms with Crippen LogP contribution in [0.4, 0.5) is 19.0 Å². The third-order valence-electron chi connectivity index (χ3n) is 7.39. The molecule has 36 heavy (non-hydrogen) atoms. The van der Waals surface area contributed by atoms with E-state index in [0.717, 1.165) is 23.1 Å². The molecule has 1 aliphatic heterocycles. The van der Waals surface area contributed by atoms with E-state index in [9.17, 15) is 23.1 Å². The van der Waals surface area contributed by atoms with E-state index >= 15 is 0 Å². The van der Waals surface area contributed by atoms with Crippen molar-refractivity contribution in [1.82, 2.24) is 24.5 Å². The van der Waals surface area contributed by atoms with Crippen molar-refractivity contribution in [3.05, 3.63) is 52.0 Å². The van der Waals surface area contributed by atoms with Gasteiger partial charge in [-0.2, -0.15) is 18.2 Å². The van der Waals surface area contributed by atoms with Crippen LogP contribution in [0, 0.1) is 12.3 Å². The first-order chi connectivity index (χ1) is 17.0. The van der Waals surface area contributed by atoms with E-state index in [4.69, 9.17) is 0 Å². The summed E-state index contributed by atoms with van der Waals surface area (Å²) in [6.45, 7) is 7.66. The van der Waals surface area contributed by atoms with Crippen molar-refractivity contribution in [2.75, 3.05) is 11.9 Å². The number of aliphatic hydroxyl groups is 1. The number of aliphatic hydroxyl groups excluding tert-OH is 1. The smallest absolute Gasteiger partial charge is 0.395 e. The monoisotopic (exact) mass is 502 g/mol. The number of carbonyl (C=O) groups excluding carboxylic acids is 1. The number of hydrogen-bond donors (Lipinski definition) is 2. The number of anilines is 1. The van der Waals surface area contributed by atoms with Gasteiger partial charge in [-0.3, -0.25) is 9.20 Å². The van der Waals surface area contributed by atoms with Crippen molar-refractivity contribution in [2.24, 2.45) is 5.41 Å². The Morgan fingerprint density at radius 2 is 1.92 bits per heavy atom. The van der Waals surface area contributed by atoms with Crippen LogP contribution in [0.1, 0.15) is 79.3 Å². The molecule has 1 fully saturated rings. The average Bonchev–Trinajstić information content (AvgIpc) is 3.29. The number of benzene rings is 1. The quantitative estimate of drug-likeness (QED) is 0.520. The molecular formula is C25H29F3N6O2. The number of rotatable bonds is 6. The number of carbonyl (C=O) groups is 1. The maximum Gasteiger partial charge on any atom is 0.416 e. The largest absolute Gasteiger partial charge is 0.416 e. The lowest BCUT2D eigenvalue weighted by molar-refractivity contribution is -0.139. The summed E-state index contributed by atoms with van der Waals surface area (Å²) in [7, 11) is 0. The Morgan fingerprint density at radius 1 is 1.19 bits per heavy atom. The molecule has 1 saturated carbocycles. The molecule has 1 aromatic carbocycles. The Morgan fingerprint density at radius 3 is 2.53 bits per heavy atom. The summed E-state index contributed by atoms with van der Waals surface area (Å²) in [6, 6.07) is 3.66. The van der Waals surface area contributed by atoms with E-state index in [1.807, 2.05) is 18.2 Å². The van der Waals surface area contributed by atoms with E-state index in [2.05, 4.69) is 20.5 Å². The highest BCUT2D eigenvalue weighted by Gasteiger charge is 2.52. The van der Waals surface area contributed by atoms with Gasteiger partial charge in [-0.05, 0) is 43.9 Å². The van der Waals surface area contributed by atoms with Crippen LogP contribution >= 0.6 is 0 Å². The van der Waals surface area contributed by atoms with Crippen molar-refractivity contribution in [3.63, 3.8) is 0 Å². The van der Waals surface area contributed by atoms with Gasteiger partial charge >= 0.3 is 6.18 Å². The number of nitrogens with zero attached hydrogens (tertiary/aromatic N) is 5. The zero-order valence-electron chi connectivity index (χ0n) is 20.6. The lowest BCUT2D eigenvalue weighted by Crippen LogP contribution is -2.35. The summed E-state index contributed by atoms with van der Waals surface area (Å²) < 4.78 is 42.3. The maximum absolute atomic E-state index is 13.5. The predicted octanol–water partition coefficient (Wildman–Crippen LogP) is 4.36. The summed E-state index contributed by atoms with van der Waals surface area (Å²) in [4.78, 5) is 19.6. The number of amides is 1. The summed E-state index contributed by atoms with van der Waals surface area (Å²) >= 11 is 0. The fourth-order valence-corrected chi connectivity index (χ4v) is 5.09.